The van der Waals surface area contributed by atoms with E-state index < -0.39 is 5.38 Å². The Hall–Kier alpha value is -0.670. The van der Waals surface area contributed by atoms with Crippen LogP contribution in [0.5, 0.6) is 0 Å². The summed E-state index contributed by atoms with van der Waals surface area (Å²) in [7, 11) is 0. The van der Waals surface area contributed by atoms with Crippen molar-refractivity contribution in [2.45, 2.75) is 24.1 Å². The maximum absolute atomic E-state index is 11.4. The average Bonchev–Trinajstić information content (AvgIpc) is 2.30. The van der Waals surface area contributed by atoms with Crippen molar-refractivity contribution in [2.75, 3.05) is 12.4 Å². The highest BCUT2D eigenvalue weighted by molar-refractivity contribution is 7.99. The number of ether oxygens (including phenoxy) is 1. The summed E-state index contributed by atoms with van der Waals surface area (Å²) >= 11 is 7.74. The molecule has 1 unspecified atom stereocenters. The van der Waals surface area contributed by atoms with E-state index in [0.717, 1.165) is 11.3 Å². The number of hydrogen-bond acceptors (Lipinski definition) is 3. The van der Waals surface area contributed by atoms with Gasteiger partial charge in [-0.05, 0) is 30.4 Å². The van der Waals surface area contributed by atoms with E-state index in [1.807, 2.05) is 24.3 Å². The highest BCUT2D eigenvalue weighted by Crippen LogP contribution is 2.25. The summed E-state index contributed by atoms with van der Waals surface area (Å²) in [6.45, 7) is 4.22. The molecule has 0 aliphatic rings. The lowest BCUT2D eigenvalue weighted by molar-refractivity contribution is -0.142. The molecule has 1 aromatic carbocycles. The first kappa shape index (κ1) is 13.4. The Labute approximate surface area is 105 Å². The fourth-order valence-electron chi connectivity index (χ4n) is 1.25. The molecule has 1 atom stereocenters. The molecule has 0 aliphatic heterocycles. The van der Waals surface area contributed by atoms with Crippen LogP contribution in [0, 0.1) is 0 Å². The number of carbonyl (C=O) groups excluding carboxylic acids is 1. The minimum atomic E-state index is -0.708. The number of rotatable bonds is 5. The minimum Gasteiger partial charge on any atom is -0.465 e. The van der Waals surface area contributed by atoms with E-state index in [1.165, 1.54) is 4.90 Å². The molecule has 0 radical (unpaired) electrons. The molecule has 1 rings (SSSR count). The maximum atomic E-state index is 11.4. The molecule has 0 aromatic heterocycles. The molecule has 0 spiro atoms. The van der Waals surface area contributed by atoms with Gasteiger partial charge in [0.15, 0.2) is 5.38 Å². The number of halogens is 1. The Morgan fingerprint density at radius 2 is 2.00 bits per heavy atom. The molecule has 0 saturated heterocycles. The van der Waals surface area contributed by atoms with Gasteiger partial charge in [-0.15, -0.1) is 23.4 Å². The van der Waals surface area contributed by atoms with Crippen LogP contribution in [0.2, 0.25) is 0 Å². The first-order chi connectivity index (χ1) is 7.69. The third kappa shape index (κ3) is 3.72. The summed E-state index contributed by atoms with van der Waals surface area (Å²) in [5.41, 5.74) is 0.778. The second kappa shape index (κ2) is 6.81. The van der Waals surface area contributed by atoms with Crippen LogP contribution in [0.15, 0.2) is 29.2 Å². The first-order valence-electron chi connectivity index (χ1n) is 5.22. The molecule has 4 heteroatoms. The molecule has 1 aromatic rings. The van der Waals surface area contributed by atoms with E-state index in [0.29, 0.717) is 6.61 Å². The molecule has 88 valence electrons. The fraction of sp³-hybridized carbons (Fsp3) is 0.417. The zero-order chi connectivity index (χ0) is 12.0. The minimum absolute atomic E-state index is 0.353. The molecular formula is C12H15ClO2S. The van der Waals surface area contributed by atoms with Crippen LogP contribution in [0.3, 0.4) is 0 Å². The standard InChI is InChI=1S/C12H15ClO2S/c1-3-15-12(14)11(13)9-5-7-10(8-6-9)16-4-2/h5-8,11H,3-4H2,1-2H3. The smallest absolute Gasteiger partial charge is 0.328 e. The summed E-state index contributed by atoms with van der Waals surface area (Å²) in [5, 5.41) is -0.708. The van der Waals surface area contributed by atoms with Crippen molar-refractivity contribution >= 4 is 29.3 Å². The summed E-state index contributed by atoms with van der Waals surface area (Å²) < 4.78 is 4.86. The van der Waals surface area contributed by atoms with Crippen molar-refractivity contribution in [3.63, 3.8) is 0 Å². The Morgan fingerprint density at radius 3 is 2.50 bits per heavy atom. The summed E-state index contributed by atoms with van der Waals surface area (Å²) in [4.78, 5) is 12.6. The average molecular weight is 259 g/mol. The third-order valence-corrected chi connectivity index (χ3v) is 3.30. The van der Waals surface area contributed by atoms with Gasteiger partial charge >= 0.3 is 5.97 Å². The molecule has 0 saturated carbocycles. The summed E-state index contributed by atoms with van der Waals surface area (Å²) in [6, 6.07) is 7.68. The lowest BCUT2D eigenvalue weighted by atomic mass is 10.1. The number of carbonyl (C=O) groups is 1. The SMILES string of the molecule is CCOC(=O)C(Cl)c1ccc(SCC)cc1. The second-order valence-electron chi connectivity index (χ2n) is 3.12. The van der Waals surface area contributed by atoms with Crippen molar-refractivity contribution in [1.82, 2.24) is 0 Å². The van der Waals surface area contributed by atoms with Gasteiger partial charge in [0.25, 0.3) is 0 Å². The molecular weight excluding hydrogens is 244 g/mol. The van der Waals surface area contributed by atoms with Gasteiger partial charge in [0.2, 0.25) is 0 Å². The Morgan fingerprint density at radius 1 is 1.38 bits per heavy atom. The number of benzene rings is 1. The number of hydrogen-bond donors (Lipinski definition) is 0. The van der Waals surface area contributed by atoms with Gasteiger partial charge in [-0.25, -0.2) is 0 Å². The Kier molecular flexibility index (Phi) is 5.71. The Balaban J connectivity index is 2.69. The predicted octanol–water partition coefficient (Wildman–Crippen LogP) is 3.64. The number of esters is 1. The van der Waals surface area contributed by atoms with Crippen molar-refractivity contribution in [3.05, 3.63) is 29.8 Å². The number of alkyl halides is 1. The van der Waals surface area contributed by atoms with Crippen LogP contribution >= 0.6 is 23.4 Å². The topological polar surface area (TPSA) is 26.3 Å². The van der Waals surface area contributed by atoms with Gasteiger partial charge in [-0.2, -0.15) is 0 Å². The highest BCUT2D eigenvalue weighted by Gasteiger charge is 2.18. The molecule has 0 heterocycles. The van der Waals surface area contributed by atoms with Gasteiger partial charge in [-0.1, -0.05) is 19.1 Å². The molecule has 0 fully saturated rings. The van der Waals surface area contributed by atoms with Crippen LogP contribution in [0.4, 0.5) is 0 Å². The fourth-order valence-corrected chi connectivity index (χ4v) is 2.12. The van der Waals surface area contributed by atoms with E-state index >= 15 is 0 Å². The quantitative estimate of drug-likeness (QED) is 0.458. The second-order valence-corrected chi connectivity index (χ2v) is 4.89. The number of thioether (sulfide) groups is 1. The monoisotopic (exact) mass is 258 g/mol. The Bertz CT molecular complexity index is 337. The van der Waals surface area contributed by atoms with Crippen LogP contribution in [-0.4, -0.2) is 18.3 Å². The lowest BCUT2D eigenvalue weighted by Gasteiger charge is -2.09. The lowest BCUT2D eigenvalue weighted by Crippen LogP contribution is -2.10. The van der Waals surface area contributed by atoms with E-state index in [-0.39, 0.29) is 5.97 Å². The van der Waals surface area contributed by atoms with Gasteiger partial charge in [0.1, 0.15) is 0 Å². The van der Waals surface area contributed by atoms with E-state index in [9.17, 15) is 4.79 Å². The van der Waals surface area contributed by atoms with Crippen LogP contribution in [0.25, 0.3) is 0 Å². The van der Waals surface area contributed by atoms with Crippen molar-refractivity contribution in [1.29, 1.82) is 0 Å². The first-order valence-corrected chi connectivity index (χ1v) is 6.64. The van der Waals surface area contributed by atoms with E-state index in [2.05, 4.69) is 6.92 Å². The molecule has 2 nitrogen and oxygen atoms in total. The van der Waals surface area contributed by atoms with Crippen molar-refractivity contribution in [3.8, 4) is 0 Å². The third-order valence-electron chi connectivity index (χ3n) is 1.98. The molecule has 16 heavy (non-hydrogen) atoms. The maximum Gasteiger partial charge on any atom is 0.328 e. The molecule has 0 amide bonds. The molecule has 0 bridgehead atoms. The molecule has 0 aliphatic carbocycles. The summed E-state index contributed by atoms with van der Waals surface area (Å²) in [5.74, 6) is 0.640. The van der Waals surface area contributed by atoms with Crippen LogP contribution in [-0.2, 0) is 9.53 Å². The predicted molar refractivity (Wildman–Crippen MR) is 68.1 cm³/mol. The van der Waals surface area contributed by atoms with E-state index in [1.54, 1.807) is 18.7 Å². The van der Waals surface area contributed by atoms with Gasteiger partial charge in [-0.3, -0.25) is 4.79 Å². The van der Waals surface area contributed by atoms with Crippen molar-refractivity contribution < 1.29 is 9.53 Å². The van der Waals surface area contributed by atoms with Gasteiger partial charge < -0.3 is 4.74 Å². The largest absolute Gasteiger partial charge is 0.465 e. The summed E-state index contributed by atoms with van der Waals surface area (Å²) in [6.07, 6.45) is 0. The zero-order valence-electron chi connectivity index (χ0n) is 9.40. The van der Waals surface area contributed by atoms with Gasteiger partial charge in [0.05, 0.1) is 6.61 Å². The molecule has 0 N–H and O–H groups in total. The highest BCUT2D eigenvalue weighted by atomic mass is 35.5. The van der Waals surface area contributed by atoms with Crippen LogP contribution in [0.1, 0.15) is 24.8 Å². The zero-order valence-corrected chi connectivity index (χ0v) is 11.0. The normalized spacial score (nSPS) is 12.2. The van der Waals surface area contributed by atoms with Crippen LogP contribution < -0.4 is 0 Å². The van der Waals surface area contributed by atoms with E-state index in [4.69, 9.17) is 16.3 Å². The van der Waals surface area contributed by atoms with Crippen molar-refractivity contribution in [2.24, 2.45) is 0 Å². The van der Waals surface area contributed by atoms with Gasteiger partial charge in [0, 0.05) is 4.90 Å².